The van der Waals surface area contributed by atoms with Crippen LogP contribution in [-0.4, -0.2) is 25.1 Å². The maximum absolute atomic E-state index is 12.1. The zero-order chi connectivity index (χ0) is 15.3. The minimum Gasteiger partial charge on any atom is -0.495 e. The van der Waals surface area contributed by atoms with E-state index in [4.69, 9.17) is 22.1 Å². The van der Waals surface area contributed by atoms with E-state index in [9.17, 15) is 9.59 Å². The number of carbonyl (C=O) groups is 2. The Morgan fingerprint density at radius 2 is 2.00 bits per heavy atom. The summed E-state index contributed by atoms with van der Waals surface area (Å²) >= 11 is 5.97. The Morgan fingerprint density at radius 3 is 2.45 bits per heavy atom. The average Bonchev–Trinajstić information content (AvgIpc) is 2.35. The van der Waals surface area contributed by atoms with E-state index in [1.807, 2.05) is 0 Å². The summed E-state index contributed by atoms with van der Waals surface area (Å²) in [5.74, 6) is 0.0524. The first-order chi connectivity index (χ1) is 9.35. The van der Waals surface area contributed by atoms with Gasteiger partial charge in [-0.1, -0.05) is 25.4 Å². The normalized spacial score (nSPS) is 11.8. The molecular weight excluding hydrogens is 282 g/mol. The number of anilines is 1. The molecule has 20 heavy (non-hydrogen) atoms. The second-order valence-corrected chi connectivity index (χ2v) is 4.98. The molecule has 1 rings (SSSR count). The van der Waals surface area contributed by atoms with Crippen LogP contribution in [0.15, 0.2) is 18.2 Å². The molecule has 7 heteroatoms. The minimum atomic E-state index is -0.744. The number of nitrogens with one attached hydrogen (secondary N) is 2. The molecule has 0 aromatic heterocycles. The predicted molar refractivity (Wildman–Crippen MR) is 78.0 cm³/mol. The number of hydrogen-bond donors (Lipinski definition) is 3. The number of carbonyl (C=O) groups excluding carboxylic acids is 2. The molecule has 0 saturated carbocycles. The van der Waals surface area contributed by atoms with E-state index in [0.29, 0.717) is 16.5 Å². The first kappa shape index (κ1) is 16.1. The smallest absolute Gasteiger partial charge is 0.312 e. The molecule has 0 unspecified atom stereocenters. The van der Waals surface area contributed by atoms with E-state index in [0.717, 1.165) is 0 Å². The van der Waals surface area contributed by atoms with Crippen molar-refractivity contribution in [3.05, 3.63) is 23.2 Å². The molecule has 0 aliphatic heterocycles. The lowest BCUT2D eigenvalue weighted by Gasteiger charge is -2.20. The molecule has 4 N–H and O–H groups in total. The van der Waals surface area contributed by atoms with Gasteiger partial charge < -0.3 is 21.1 Å². The van der Waals surface area contributed by atoms with Crippen molar-refractivity contribution < 1.29 is 14.3 Å². The standard InChI is InChI=1S/C13H18ClN3O3/c1-7(2)11(17-13(15)19)12(18)16-8-4-5-10(20-3)9(14)6-8/h4-7,11H,1-3H3,(H,16,18)(H3,15,17,19)/t11-/m0/s1. The van der Waals surface area contributed by atoms with Gasteiger partial charge in [-0.25, -0.2) is 4.79 Å². The Kier molecular flexibility index (Phi) is 5.64. The second kappa shape index (κ2) is 7.00. The molecule has 0 saturated heterocycles. The van der Waals surface area contributed by atoms with Crippen LogP contribution in [0.25, 0.3) is 0 Å². The summed E-state index contributed by atoms with van der Waals surface area (Å²) in [6.07, 6.45) is 0. The van der Waals surface area contributed by atoms with Crippen molar-refractivity contribution in [3.8, 4) is 5.75 Å². The van der Waals surface area contributed by atoms with Gasteiger partial charge in [0.1, 0.15) is 11.8 Å². The zero-order valence-electron chi connectivity index (χ0n) is 11.6. The number of methoxy groups -OCH3 is 1. The zero-order valence-corrected chi connectivity index (χ0v) is 12.3. The van der Waals surface area contributed by atoms with Gasteiger partial charge in [0.05, 0.1) is 12.1 Å². The molecule has 1 atom stereocenters. The molecule has 0 fully saturated rings. The van der Waals surface area contributed by atoms with Gasteiger partial charge in [0.2, 0.25) is 5.91 Å². The summed E-state index contributed by atoms with van der Waals surface area (Å²) in [5, 5.41) is 5.46. The van der Waals surface area contributed by atoms with Gasteiger partial charge in [0.25, 0.3) is 0 Å². The number of ether oxygens (including phenoxy) is 1. The largest absolute Gasteiger partial charge is 0.495 e. The number of urea groups is 1. The Bertz CT molecular complexity index is 506. The molecule has 110 valence electrons. The van der Waals surface area contributed by atoms with E-state index < -0.39 is 12.1 Å². The van der Waals surface area contributed by atoms with Crippen molar-refractivity contribution in [3.63, 3.8) is 0 Å². The van der Waals surface area contributed by atoms with Crippen LogP contribution in [0.2, 0.25) is 5.02 Å². The average molecular weight is 300 g/mol. The summed E-state index contributed by atoms with van der Waals surface area (Å²) in [5.41, 5.74) is 5.57. The Balaban J connectivity index is 2.82. The molecule has 0 heterocycles. The predicted octanol–water partition coefficient (Wildman–Crippen LogP) is 1.98. The molecule has 0 aliphatic carbocycles. The summed E-state index contributed by atoms with van der Waals surface area (Å²) < 4.78 is 5.03. The van der Waals surface area contributed by atoms with Gasteiger partial charge in [-0.15, -0.1) is 0 Å². The second-order valence-electron chi connectivity index (χ2n) is 4.57. The van der Waals surface area contributed by atoms with Gasteiger partial charge in [-0.3, -0.25) is 4.79 Å². The summed E-state index contributed by atoms with van der Waals surface area (Å²) in [6, 6.07) is 3.41. The van der Waals surface area contributed by atoms with Crippen LogP contribution in [-0.2, 0) is 4.79 Å². The summed E-state index contributed by atoms with van der Waals surface area (Å²) in [6.45, 7) is 3.61. The number of halogens is 1. The van der Waals surface area contributed by atoms with Crippen molar-refractivity contribution in [1.29, 1.82) is 0 Å². The number of benzene rings is 1. The minimum absolute atomic E-state index is 0.101. The molecular formula is C13H18ClN3O3. The quantitative estimate of drug-likeness (QED) is 0.776. The highest BCUT2D eigenvalue weighted by Crippen LogP contribution is 2.27. The van der Waals surface area contributed by atoms with Crippen molar-refractivity contribution in [2.45, 2.75) is 19.9 Å². The van der Waals surface area contributed by atoms with Crippen LogP contribution in [0.1, 0.15) is 13.8 Å². The molecule has 0 bridgehead atoms. The molecule has 0 radical (unpaired) electrons. The fourth-order valence-corrected chi connectivity index (χ4v) is 1.91. The first-order valence-corrected chi connectivity index (χ1v) is 6.43. The molecule has 0 aliphatic rings. The highest BCUT2D eigenvalue weighted by molar-refractivity contribution is 6.32. The van der Waals surface area contributed by atoms with Gasteiger partial charge >= 0.3 is 6.03 Å². The van der Waals surface area contributed by atoms with E-state index in [1.165, 1.54) is 7.11 Å². The molecule has 0 spiro atoms. The van der Waals surface area contributed by atoms with Crippen molar-refractivity contribution >= 4 is 29.2 Å². The fraction of sp³-hybridized carbons (Fsp3) is 0.385. The van der Waals surface area contributed by atoms with Crippen molar-refractivity contribution in [2.24, 2.45) is 11.7 Å². The Hall–Kier alpha value is -1.95. The van der Waals surface area contributed by atoms with Crippen molar-refractivity contribution in [2.75, 3.05) is 12.4 Å². The highest BCUT2D eigenvalue weighted by atomic mass is 35.5. The lowest BCUT2D eigenvalue weighted by Crippen LogP contribution is -2.49. The monoisotopic (exact) mass is 299 g/mol. The lowest BCUT2D eigenvalue weighted by molar-refractivity contribution is -0.118. The van der Waals surface area contributed by atoms with E-state index in [1.54, 1.807) is 32.0 Å². The molecule has 6 nitrogen and oxygen atoms in total. The third-order valence-corrected chi connectivity index (χ3v) is 2.96. The Morgan fingerprint density at radius 1 is 1.35 bits per heavy atom. The number of nitrogens with two attached hydrogens (primary N) is 1. The third-order valence-electron chi connectivity index (χ3n) is 2.67. The van der Waals surface area contributed by atoms with Crippen molar-refractivity contribution in [1.82, 2.24) is 5.32 Å². The van der Waals surface area contributed by atoms with Gasteiger partial charge in [-0.2, -0.15) is 0 Å². The van der Waals surface area contributed by atoms with E-state index in [2.05, 4.69) is 10.6 Å². The molecule has 1 aromatic carbocycles. The lowest BCUT2D eigenvalue weighted by atomic mass is 10.0. The molecule has 1 aromatic rings. The number of hydrogen-bond acceptors (Lipinski definition) is 3. The molecule has 3 amide bonds. The number of amides is 3. The first-order valence-electron chi connectivity index (χ1n) is 6.05. The summed E-state index contributed by atoms with van der Waals surface area (Å²) in [4.78, 5) is 23.0. The highest BCUT2D eigenvalue weighted by Gasteiger charge is 2.23. The number of primary amides is 1. The maximum Gasteiger partial charge on any atom is 0.312 e. The van der Waals surface area contributed by atoms with Crippen LogP contribution in [0, 0.1) is 5.92 Å². The number of rotatable bonds is 5. The SMILES string of the molecule is COc1ccc(NC(=O)[C@@H](NC(N)=O)C(C)C)cc1Cl. The van der Waals surface area contributed by atoms with Gasteiger partial charge in [-0.05, 0) is 24.1 Å². The van der Waals surface area contributed by atoms with Gasteiger partial charge in [0.15, 0.2) is 0 Å². The maximum atomic E-state index is 12.1. The van der Waals surface area contributed by atoms with Crippen LogP contribution in [0.3, 0.4) is 0 Å². The topological polar surface area (TPSA) is 93.4 Å². The Labute approximate surface area is 122 Å². The third kappa shape index (κ3) is 4.31. The fourth-order valence-electron chi connectivity index (χ4n) is 1.65. The summed E-state index contributed by atoms with van der Waals surface area (Å²) in [7, 11) is 1.51. The van der Waals surface area contributed by atoms with E-state index in [-0.39, 0.29) is 11.8 Å². The van der Waals surface area contributed by atoms with Crippen LogP contribution >= 0.6 is 11.6 Å². The van der Waals surface area contributed by atoms with Gasteiger partial charge in [0, 0.05) is 5.69 Å². The van der Waals surface area contributed by atoms with Crippen LogP contribution < -0.4 is 21.1 Å². The van der Waals surface area contributed by atoms with Crippen LogP contribution in [0.4, 0.5) is 10.5 Å². The van der Waals surface area contributed by atoms with Crippen LogP contribution in [0.5, 0.6) is 5.75 Å². The van der Waals surface area contributed by atoms with E-state index >= 15 is 0 Å².